The first-order valence-electron chi connectivity index (χ1n) is 16.6. The Hall–Kier alpha value is -2.87. The molecule has 2 unspecified atom stereocenters. The second-order valence-electron chi connectivity index (χ2n) is 12.7. The molecule has 0 spiro atoms. The highest BCUT2D eigenvalue weighted by Crippen LogP contribution is 2.34. The summed E-state index contributed by atoms with van der Waals surface area (Å²) in [5.41, 5.74) is 5.37. The van der Waals surface area contributed by atoms with Crippen molar-refractivity contribution < 1.29 is 9.84 Å². The van der Waals surface area contributed by atoms with E-state index in [9.17, 15) is 5.11 Å². The number of nitrogens with one attached hydrogen (secondary N) is 1. The maximum atomic E-state index is 9.44. The molecule has 2 atom stereocenters. The Morgan fingerprint density at radius 2 is 1.79 bits per heavy atom. The summed E-state index contributed by atoms with van der Waals surface area (Å²) in [6.07, 6.45) is 10.9. The minimum Gasteiger partial charge on any atom is -0.481 e. The number of aliphatic hydroxyl groups is 1. The highest BCUT2D eigenvalue weighted by atomic mass is 16.5. The van der Waals surface area contributed by atoms with Gasteiger partial charge < -0.3 is 29.9 Å². The van der Waals surface area contributed by atoms with Crippen molar-refractivity contribution in [1.82, 2.24) is 15.1 Å². The maximum Gasteiger partial charge on any atom is 0.210 e. The average Bonchev–Trinajstić information content (AvgIpc) is 3.65. The normalized spacial score (nSPS) is 23.2. The molecule has 4 aliphatic rings. The van der Waals surface area contributed by atoms with Crippen molar-refractivity contribution in [3.05, 3.63) is 65.1 Å². The molecule has 3 fully saturated rings. The standard InChI is InChI=1S/C31H42N4O2.C5H11N/c1-4-8-29(37-3)33-31(35-20-25-14-15-26(21-35)32-25)27-16-17-34(19-22(27)2)28-13-6-11-23-9-5-10-24(30(23)28)12-7-18-36;1-6-4-2-3-5-6/h5-6,8-11,13,25-26,32,36H,4,7,12,14-21H2,1-3H3;2-5H2,1H3/b29-8-,33-31+;. The van der Waals surface area contributed by atoms with Crippen LogP contribution >= 0.6 is 0 Å². The van der Waals surface area contributed by atoms with E-state index in [0.29, 0.717) is 18.0 Å². The van der Waals surface area contributed by atoms with Crippen LogP contribution in [0.2, 0.25) is 0 Å². The Morgan fingerprint density at radius 1 is 1.07 bits per heavy atom. The minimum absolute atomic E-state index is 0.221. The predicted octanol–water partition coefficient (Wildman–Crippen LogP) is 5.74. The van der Waals surface area contributed by atoms with Crippen molar-refractivity contribution >= 4 is 22.3 Å². The van der Waals surface area contributed by atoms with E-state index in [4.69, 9.17) is 9.73 Å². The second-order valence-corrected chi connectivity index (χ2v) is 12.7. The Labute approximate surface area is 259 Å². The van der Waals surface area contributed by atoms with Crippen molar-refractivity contribution in [1.29, 1.82) is 0 Å². The molecule has 0 saturated carbocycles. The SMILES string of the molecule is CC/C=C(/N=C(\C1=C(C)CN(c2cccc3cccc(CCCO)c23)CC1)N1CC2CCC(C1)N2)OC.CN1CCCC1. The third kappa shape index (κ3) is 7.81. The summed E-state index contributed by atoms with van der Waals surface area (Å²) in [5.74, 6) is 1.83. The predicted molar refractivity (Wildman–Crippen MR) is 180 cm³/mol. The third-order valence-corrected chi connectivity index (χ3v) is 9.41. The summed E-state index contributed by atoms with van der Waals surface area (Å²) in [6.45, 7) is 11.1. The molecule has 3 saturated heterocycles. The summed E-state index contributed by atoms with van der Waals surface area (Å²) in [7, 11) is 3.90. The monoisotopic (exact) mass is 587 g/mol. The Kier molecular flexibility index (Phi) is 11.2. The van der Waals surface area contributed by atoms with Crippen LogP contribution in [0.3, 0.4) is 0 Å². The number of amidine groups is 1. The highest BCUT2D eigenvalue weighted by molar-refractivity contribution is 6.01. The number of hydrogen-bond acceptors (Lipinski definition) is 6. The van der Waals surface area contributed by atoms with E-state index in [2.05, 4.69) is 83.4 Å². The lowest BCUT2D eigenvalue weighted by atomic mass is 9.95. The molecule has 234 valence electrons. The first-order valence-corrected chi connectivity index (χ1v) is 16.6. The number of nitrogens with zero attached hydrogens (tertiary/aromatic N) is 4. The first kappa shape index (κ1) is 31.6. The maximum absolute atomic E-state index is 9.44. The van der Waals surface area contributed by atoms with Gasteiger partial charge in [-0.1, -0.05) is 37.3 Å². The van der Waals surface area contributed by atoms with E-state index in [1.165, 1.54) is 71.9 Å². The van der Waals surface area contributed by atoms with Crippen molar-refractivity contribution in [2.24, 2.45) is 4.99 Å². The molecule has 2 bridgehead atoms. The van der Waals surface area contributed by atoms with Gasteiger partial charge in [0.15, 0.2) is 0 Å². The number of methoxy groups -OCH3 is 1. The first-order chi connectivity index (χ1) is 21.0. The third-order valence-electron chi connectivity index (χ3n) is 9.41. The van der Waals surface area contributed by atoms with Crippen LogP contribution in [0.5, 0.6) is 0 Å². The van der Waals surface area contributed by atoms with Gasteiger partial charge in [-0.15, -0.1) is 0 Å². The number of hydrogen-bond donors (Lipinski definition) is 2. The van der Waals surface area contributed by atoms with Crippen LogP contribution in [0, 0.1) is 0 Å². The van der Waals surface area contributed by atoms with Gasteiger partial charge in [0, 0.05) is 55.9 Å². The number of aryl methyl sites for hydroxylation is 1. The number of piperazine rings is 1. The number of aliphatic imine (C=N–C) groups is 1. The summed E-state index contributed by atoms with van der Waals surface area (Å²) in [6, 6.07) is 14.3. The fourth-order valence-corrected chi connectivity index (χ4v) is 7.20. The molecule has 0 aliphatic carbocycles. The van der Waals surface area contributed by atoms with Gasteiger partial charge in [-0.05, 0) is 113 Å². The topological polar surface area (TPSA) is 63.6 Å². The van der Waals surface area contributed by atoms with Gasteiger partial charge in [0.05, 0.1) is 7.11 Å². The van der Waals surface area contributed by atoms with Gasteiger partial charge in [-0.2, -0.15) is 4.99 Å². The number of likely N-dealkylation sites (tertiary alicyclic amines) is 2. The summed E-state index contributed by atoms with van der Waals surface area (Å²) in [5, 5.41) is 15.8. The summed E-state index contributed by atoms with van der Waals surface area (Å²) < 4.78 is 5.67. The second kappa shape index (κ2) is 15.2. The van der Waals surface area contributed by atoms with Crippen LogP contribution in [-0.2, 0) is 11.2 Å². The molecule has 6 rings (SSSR count). The number of fused-ring (bicyclic) bond motifs is 3. The van der Waals surface area contributed by atoms with Crippen molar-refractivity contribution in [2.75, 3.05) is 64.9 Å². The highest BCUT2D eigenvalue weighted by Gasteiger charge is 2.35. The van der Waals surface area contributed by atoms with Crippen LogP contribution in [0.15, 0.2) is 64.5 Å². The molecule has 43 heavy (non-hydrogen) atoms. The molecule has 4 heterocycles. The smallest absolute Gasteiger partial charge is 0.210 e. The van der Waals surface area contributed by atoms with Gasteiger partial charge in [0.2, 0.25) is 5.88 Å². The Bertz CT molecular complexity index is 1290. The zero-order valence-corrected chi connectivity index (χ0v) is 26.9. The van der Waals surface area contributed by atoms with Crippen molar-refractivity contribution in [3.8, 4) is 0 Å². The van der Waals surface area contributed by atoms with Gasteiger partial charge in [-0.3, -0.25) is 0 Å². The van der Waals surface area contributed by atoms with Crippen LogP contribution < -0.4 is 10.2 Å². The molecule has 2 N–H and O–H groups in total. The quantitative estimate of drug-likeness (QED) is 0.234. The number of aliphatic hydroxyl groups excluding tert-OH is 1. The zero-order chi connectivity index (χ0) is 30.2. The van der Waals surface area contributed by atoms with E-state index in [0.717, 1.165) is 57.7 Å². The molecule has 2 aromatic rings. The van der Waals surface area contributed by atoms with Gasteiger partial charge in [-0.25, -0.2) is 0 Å². The molecule has 0 aromatic heterocycles. The average molecular weight is 588 g/mol. The van der Waals surface area contributed by atoms with E-state index >= 15 is 0 Å². The number of ether oxygens (including phenoxy) is 1. The van der Waals surface area contributed by atoms with Gasteiger partial charge in [0.25, 0.3) is 0 Å². The van der Waals surface area contributed by atoms with E-state index < -0.39 is 0 Å². The Balaban J connectivity index is 0.000000548. The lowest BCUT2D eigenvalue weighted by Gasteiger charge is -2.39. The van der Waals surface area contributed by atoms with Gasteiger partial charge >= 0.3 is 0 Å². The van der Waals surface area contributed by atoms with Crippen LogP contribution in [0.1, 0.15) is 64.4 Å². The number of benzene rings is 2. The minimum atomic E-state index is 0.221. The number of anilines is 1. The lowest BCUT2D eigenvalue weighted by Crippen LogP contribution is -2.54. The lowest BCUT2D eigenvalue weighted by molar-refractivity contribution is 0.272. The number of rotatable bonds is 8. The molecule has 0 radical (unpaired) electrons. The van der Waals surface area contributed by atoms with Crippen LogP contribution in [0.25, 0.3) is 10.8 Å². The largest absolute Gasteiger partial charge is 0.481 e. The Morgan fingerprint density at radius 3 is 2.40 bits per heavy atom. The summed E-state index contributed by atoms with van der Waals surface area (Å²) >= 11 is 0. The van der Waals surface area contributed by atoms with E-state index in [-0.39, 0.29) is 6.61 Å². The van der Waals surface area contributed by atoms with E-state index in [1.54, 1.807) is 7.11 Å². The van der Waals surface area contributed by atoms with E-state index in [1.807, 2.05) is 0 Å². The molecule has 0 amide bonds. The molecular formula is C36H53N5O2. The number of allylic oxidation sites excluding steroid dienone is 1. The summed E-state index contributed by atoms with van der Waals surface area (Å²) in [4.78, 5) is 12.5. The van der Waals surface area contributed by atoms with Gasteiger partial charge in [0.1, 0.15) is 5.84 Å². The molecular weight excluding hydrogens is 534 g/mol. The molecule has 2 aromatic carbocycles. The van der Waals surface area contributed by atoms with Crippen molar-refractivity contribution in [2.45, 2.75) is 77.3 Å². The molecule has 7 nitrogen and oxygen atoms in total. The fraction of sp³-hybridized carbons (Fsp3) is 0.583. The van der Waals surface area contributed by atoms with Crippen LogP contribution in [0.4, 0.5) is 5.69 Å². The molecule has 4 aliphatic heterocycles. The zero-order valence-electron chi connectivity index (χ0n) is 26.9. The fourth-order valence-electron chi connectivity index (χ4n) is 7.20. The van der Waals surface area contributed by atoms with Crippen molar-refractivity contribution in [3.63, 3.8) is 0 Å². The van der Waals surface area contributed by atoms with Crippen LogP contribution in [-0.4, -0.2) is 92.9 Å². The molecule has 7 heteroatoms.